The SMILES string of the molecule is Cc1ccc(C2=Nn3c(nnc3-c3ccc(Cl)cc3)SC2S(=O)(=O)c2ccccc2)cc1. The number of halogens is 1. The van der Waals surface area contributed by atoms with Gasteiger partial charge in [-0.15, -0.1) is 10.2 Å². The van der Waals surface area contributed by atoms with Gasteiger partial charge in [0.15, 0.2) is 20.2 Å². The molecule has 0 bridgehead atoms. The minimum Gasteiger partial charge on any atom is -0.222 e. The molecule has 0 fully saturated rings. The summed E-state index contributed by atoms with van der Waals surface area (Å²) in [5.74, 6) is 0.518. The normalized spacial score (nSPS) is 15.8. The zero-order valence-corrected chi connectivity index (χ0v) is 19.3. The summed E-state index contributed by atoms with van der Waals surface area (Å²) in [6.45, 7) is 1.98. The van der Waals surface area contributed by atoms with Crippen molar-refractivity contribution in [3.8, 4) is 11.4 Å². The van der Waals surface area contributed by atoms with E-state index in [0.717, 1.165) is 28.5 Å². The van der Waals surface area contributed by atoms with E-state index in [2.05, 4.69) is 10.2 Å². The number of nitrogens with zero attached hydrogens (tertiary/aromatic N) is 4. The minimum atomic E-state index is -3.74. The molecule has 160 valence electrons. The van der Waals surface area contributed by atoms with E-state index in [1.54, 1.807) is 47.1 Å². The van der Waals surface area contributed by atoms with Crippen LogP contribution in [0.25, 0.3) is 11.4 Å². The van der Waals surface area contributed by atoms with Crippen LogP contribution in [0.4, 0.5) is 0 Å². The molecule has 2 heterocycles. The highest BCUT2D eigenvalue weighted by Crippen LogP contribution is 2.38. The van der Waals surface area contributed by atoms with Crippen LogP contribution in [0.3, 0.4) is 0 Å². The van der Waals surface area contributed by atoms with Crippen LogP contribution in [0.1, 0.15) is 11.1 Å². The second kappa shape index (κ2) is 8.20. The molecule has 9 heteroatoms. The molecule has 3 aromatic carbocycles. The van der Waals surface area contributed by atoms with E-state index in [1.807, 2.05) is 43.3 Å². The standard InChI is InChI=1S/C23H17ClN4O2S2/c1-15-7-9-16(10-8-15)20-22(32(29,30)19-5-3-2-4-6-19)31-23-26-25-21(28(23)27-20)17-11-13-18(24)14-12-17/h2-14,22H,1H3. The summed E-state index contributed by atoms with van der Waals surface area (Å²) >= 11 is 7.15. The summed E-state index contributed by atoms with van der Waals surface area (Å²) in [5, 5.41) is 14.3. The van der Waals surface area contributed by atoms with Crippen molar-refractivity contribution in [1.82, 2.24) is 14.9 Å². The molecule has 5 rings (SSSR count). The predicted octanol–water partition coefficient (Wildman–Crippen LogP) is 5.07. The lowest BCUT2D eigenvalue weighted by atomic mass is 10.1. The highest BCUT2D eigenvalue weighted by molar-refractivity contribution is 8.14. The molecule has 32 heavy (non-hydrogen) atoms. The first-order valence-corrected chi connectivity index (χ1v) is 12.6. The number of hydrogen-bond donors (Lipinski definition) is 0. The van der Waals surface area contributed by atoms with Crippen LogP contribution in [-0.2, 0) is 9.84 Å². The molecule has 6 nitrogen and oxygen atoms in total. The van der Waals surface area contributed by atoms with E-state index in [1.165, 1.54) is 0 Å². The Hall–Kier alpha value is -2.94. The summed E-state index contributed by atoms with van der Waals surface area (Å²) in [5.41, 5.74) is 3.02. The molecular formula is C23H17ClN4O2S2. The van der Waals surface area contributed by atoms with E-state index in [0.29, 0.717) is 21.7 Å². The fourth-order valence-corrected chi connectivity index (χ4v) is 6.66. The van der Waals surface area contributed by atoms with Gasteiger partial charge in [-0.25, -0.2) is 8.42 Å². The van der Waals surface area contributed by atoms with Crippen LogP contribution in [0.2, 0.25) is 5.02 Å². The number of fused-ring (bicyclic) bond motifs is 1. The van der Waals surface area contributed by atoms with Gasteiger partial charge in [0.05, 0.1) is 10.6 Å². The van der Waals surface area contributed by atoms with Gasteiger partial charge in [-0.3, -0.25) is 0 Å². The first kappa shape index (κ1) is 20.9. The topological polar surface area (TPSA) is 77.2 Å². The van der Waals surface area contributed by atoms with E-state index < -0.39 is 14.4 Å². The molecule has 0 aliphatic carbocycles. The fourth-order valence-electron chi connectivity index (χ4n) is 3.38. The first-order valence-electron chi connectivity index (χ1n) is 9.76. The van der Waals surface area contributed by atoms with Gasteiger partial charge in [-0.1, -0.05) is 71.4 Å². The van der Waals surface area contributed by atoms with E-state index in [9.17, 15) is 8.42 Å². The Morgan fingerprint density at radius 1 is 0.875 bits per heavy atom. The molecule has 1 aromatic heterocycles. The fraction of sp³-hybridized carbons (Fsp3) is 0.0870. The third-order valence-corrected chi connectivity index (χ3v) is 8.98. The Morgan fingerprint density at radius 2 is 1.53 bits per heavy atom. The molecule has 0 saturated heterocycles. The van der Waals surface area contributed by atoms with E-state index in [4.69, 9.17) is 16.7 Å². The molecule has 1 aliphatic rings. The van der Waals surface area contributed by atoms with Gasteiger partial charge in [-0.2, -0.15) is 9.78 Å². The van der Waals surface area contributed by atoms with Crippen LogP contribution in [0.15, 0.2) is 94.0 Å². The van der Waals surface area contributed by atoms with Crippen molar-refractivity contribution >= 4 is 38.9 Å². The number of hydrogen-bond acceptors (Lipinski definition) is 6. The Labute approximate surface area is 194 Å². The van der Waals surface area contributed by atoms with Crippen LogP contribution in [0, 0.1) is 6.92 Å². The molecule has 1 atom stereocenters. The average Bonchev–Trinajstić information content (AvgIpc) is 3.23. The number of sulfone groups is 1. The largest absolute Gasteiger partial charge is 0.222 e. The quantitative estimate of drug-likeness (QED) is 0.407. The van der Waals surface area contributed by atoms with Crippen molar-refractivity contribution in [3.05, 3.63) is 95.0 Å². The van der Waals surface area contributed by atoms with Crippen molar-refractivity contribution in [2.75, 3.05) is 0 Å². The Kier molecular flexibility index (Phi) is 5.36. The molecule has 4 aromatic rings. The molecule has 1 unspecified atom stereocenters. The van der Waals surface area contributed by atoms with E-state index in [-0.39, 0.29) is 4.90 Å². The maximum Gasteiger partial charge on any atom is 0.214 e. The lowest BCUT2D eigenvalue weighted by molar-refractivity contribution is 0.597. The summed E-state index contributed by atoms with van der Waals surface area (Å²) in [6.07, 6.45) is 0. The van der Waals surface area contributed by atoms with Crippen molar-refractivity contribution in [2.45, 2.75) is 21.6 Å². The third-order valence-electron chi connectivity index (χ3n) is 5.06. The summed E-state index contributed by atoms with van der Waals surface area (Å²) in [6, 6.07) is 23.3. The first-order chi connectivity index (χ1) is 15.4. The molecule has 0 spiro atoms. The summed E-state index contributed by atoms with van der Waals surface area (Å²) in [7, 11) is -3.74. The summed E-state index contributed by atoms with van der Waals surface area (Å²) < 4.78 is 27.8. The molecule has 0 N–H and O–H groups in total. The molecule has 0 radical (unpaired) electrons. The minimum absolute atomic E-state index is 0.239. The lowest BCUT2D eigenvalue weighted by Crippen LogP contribution is -2.32. The number of thioether (sulfide) groups is 1. The Morgan fingerprint density at radius 3 is 2.22 bits per heavy atom. The highest BCUT2D eigenvalue weighted by Gasteiger charge is 2.39. The second-order valence-electron chi connectivity index (χ2n) is 7.28. The number of rotatable bonds is 4. The summed E-state index contributed by atoms with van der Waals surface area (Å²) in [4.78, 5) is 0.239. The maximum atomic E-state index is 13.6. The number of aryl methyl sites for hydroxylation is 1. The van der Waals surface area contributed by atoms with Gasteiger partial charge in [0, 0.05) is 16.1 Å². The van der Waals surface area contributed by atoms with Gasteiger partial charge in [0.1, 0.15) is 0 Å². The second-order valence-corrected chi connectivity index (χ2v) is 11.1. The van der Waals surface area contributed by atoms with Crippen molar-refractivity contribution in [2.24, 2.45) is 5.10 Å². The molecule has 1 aliphatic heterocycles. The van der Waals surface area contributed by atoms with Crippen molar-refractivity contribution < 1.29 is 8.42 Å². The highest BCUT2D eigenvalue weighted by atomic mass is 35.5. The van der Waals surface area contributed by atoms with Crippen LogP contribution >= 0.6 is 23.4 Å². The smallest absolute Gasteiger partial charge is 0.214 e. The van der Waals surface area contributed by atoms with Gasteiger partial charge in [-0.05, 0) is 43.3 Å². The molecule has 0 amide bonds. The maximum absolute atomic E-state index is 13.6. The monoisotopic (exact) mass is 480 g/mol. The Balaban J connectivity index is 1.68. The lowest BCUT2D eigenvalue weighted by Gasteiger charge is -2.23. The number of benzene rings is 3. The van der Waals surface area contributed by atoms with Gasteiger partial charge < -0.3 is 0 Å². The van der Waals surface area contributed by atoms with Crippen molar-refractivity contribution in [1.29, 1.82) is 0 Å². The van der Waals surface area contributed by atoms with E-state index >= 15 is 0 Å². The average molecular weight is 481 g/mol. The van der Waals surface area contributed by atoms with Crippen LogP contribution in [-0.4, -0.2) is 33.6 Å². The zero-order chi connectivity index (χ0) is 22.3. The van der Waals surface area contributed by atoms with Crippen LogP contribution in [0.5, 0.6) is 0 Å². The van der Waals surface area contributed by atoms with Gasteiger partial charge >= 0.3 is 0 Å². The van der Waals surface area contributed by atoms with Crippen LogP contribution < -0.4 is 0 Å². The molecular weight excluding hydrogens is 464 g/mol. The van der Waals surface area contributed by atoms with Gasteiger partial charge in [0.2, 0.25) is 5.16 Å². The number of aromatic nitrogens is 3. The van der Waals surface area contributed by atoms with Crippen molar-refractivity contribution in [3.63, 3.8) is 0 Å². The third kappa shape index (κ3) is 3.74. The Bertz CT molecular complexity index is 1420. The molecule has 0 saturated carbocycles. The predicted molar refractivity (Wildman–Crippen MR) is 127 cm³/mol. The van der Waals surface area contributed by atoms with Gasteiger partial charge in [0.25, 0.3) is 0 Å². The zero-order valence-electron chi connectivity index (χ0n) is 16.9.